The lowest BCUT2D eigenvalue weighted by Gasteiger charge is -2.30. The zero-order valence-corrected chi connectivity index (χ0v) is 20.5. The van der Waals surface area contributed by atoms with Crippen LogP contribution in [0, 0.1) is 6.92 Å². The van der Waals surface area contributed by atoms with Crippen molar-refractivity contribution in [2.24, 2.45) is 0 Å². The van der Waals surface area contributed by atoms with E-state index in [1.54, 1.807) is 0 Å². The molecule has 1 aliphatic rings. The van der Waals surface area contributed by atoms with Gasteiger partial charge in [-0.3, -0.25) is 9.69 Å². The Hall–Kier alpha value is -2.40. The van der Waals surface area contributed by atoms with Crippen molar-refractivity contribution in [1.82, 2.24) is 14.7 Å². The van der Waals surface area contributed by atoms with E-state index in [2.05, 4.69) is 50.1 Å². The van der Waals surface area contributed by atoms with Crippen molar-refractivity contribution in [2.75, 3.05) is 20.1 Å². The van der Waals surface area contributed by atoms with Crippen LogP contribution in [0.4, 0.5) is 0 Å². The molecule has 1 saturated heterocycles. The van der Waals surface area contributed by atoms with Crippen LogP contribution < -0.4 is 0 Å². The summed E-state index contributed by atoms with van der Waals surface area (Å²) >= 11 is 0. The number of aldehydes is 1. The molecule has 1 fully saturated rings. The molecule has 0 bridgehead atoms. The molecule has 0 N–H and O–H groups in total. The zero-order valence-electron chi connectivity index (χ0n) is 20.5. The van der Waals surface area contributed by atoms with E-state index in [4.69, 9.17) is 0 Å². The summed E-state index contributed by atoms with van der Waals surface area (Å²) in [6.07, 6.45) is 6.58. The van der Waals surface area contributed by atoms with Crippen LogP contribution in [0.2, 0.25) is 0 Å². The van der Waals surface area contributed by atoms with Gasteiger partial charge in [-0.1, -0.05) is 69.2 Å². The van der Waals surface area contributed by atoms with Crippen LogP contribution in [0.15, 0.2) is 48.8 Å². The van der Waals surface area contributed by atoms with Gasteiger partial charge in [0.05, 0.1) is 6.04 Å². The predicted molar refractivity (Wildman–Crippen MR) is 132 cm³/mol. The van der Waals surface area contributed by atoms with Gasteiger partial charge in [-0.15, -0.1) is 0 Å². The van der Waals surface area contributed by atoms with Gasteiger partial charge in [0.1, 0.15) is 6.29 Å². The lowest BCUT2D eigenvalue weighted by atomic mass is 10.1. The third kappa shape index (κ3) is 7.33. The van der Waals surface area contributed by atoms with Crippen molar-refractivity contribution in [1.29, 1.82) is 0 Å². The predicted octanol–water partition coefficient (Wildman–Crippen LogP) is 4.91. The molecule has 2 rings (SSSR count). The number of hydrogen-bond acceptors (Lipinski definition) is 4. The standard InChI is InChI=1S/C27H41N3O2/c1-7-8-9-10-14-27(32)30(18-24-13-11-12-22(4)15-24)25-16-26(20-31)29(19-25)17-23(5)28(6)21(2)3/h11-13,15,20,25-26H,2,5,7-10,14,16-19H2,1,3-4,6H3/t25-,26-/m0/s1. The number of benzene rings is 1. The van der Waals surface area contributed by atoms with E-state index in [9.17, 15) is 9.59 Å². The van der Waals surface area contributed by atoms with E-state index in [1.165, 1.54) is 5.56 Å². The summed E-state index contributed by atoms with van der Waals surface area (Å²) < 4.78 is 0. The third-order valence-corrected chi connectivity index (χ3v) is 6.46. The maximum absolute atomic E-state index is 13.3. The molecular weight excluding hydrogens is 398 g/mol. The highest BCUT2D eigenvalue weighted by molar-refractivity contribution is 5.76. The van der Waals surface area contributed by atoms with Crippen molar-refractivity contribution in [3.63, 3.8) is 0 Å². The minimum absolute atomic E-state index is 0.0207. The lowest BCUT2D eigenvalue weighted by Crippen LogP contribution is -2.42. The number of likely N-dealkylation sites (N-methyl/N-ethyl adjacent to an activating group) is 1. The summed E-state index contributed by atoms with van der Waals surface area (Å²) in [7, 11) is 1.94. The van der Waals surface area contributed by atoms with Crippen molar-refractivity contribution >= 4 is 12.2 Å². The van der Waals surface area contributed by atoms with Gasteiger partial charge in [-0.25, -0.2) is 0 Å². The molecule has 0 aliphatic carbocycles. The Balaban J connectivity index is 2.16. The quantitative estimate of drug-likeness (QED) is 0.323. The maximum atomic E-state index is 13.3. The second kappa shape index (κ2) is 12.6. The highest BCUT2D eigenvalue weighted by Crippen LogP contribution is 2.26. The van der Waals surface area contributed by atoms with Gasteiger partial charge < -0.3 is 14.6 Å². The zero-order chi connectivity index (χ0) is 23.7. The molecular formula is C27H41N3O2. The number of unbranched alkanes of at least 4 members (excludes halogenated alkanes) is 3. The maximum Gasteiger partial charge on any atom is 0.223 e. The number of amides is 1. The molecule has 0 spiro atoms. The largest absolute Gasteiger partial charge is 0.352 e. The van der Waals surface area contributed by atoms with E-state index in [0.717, 1.165) is 48.9 Å². The number of nitrogens with zero attached hydrogens (tertiary/aromatic N) is 3. The molecule has 176 valence electrons. The lowest BCUT2D eigenvalue weighted by molar-refractivity contribution is -0.134. The number of allylic oxidation sites excluding steroid dienone is 1. The van der Waals surface area contributed by atoms with Crippen molar-refractivity contribution in [2.45, 2.75) is 77.9 Å². The van der Waals surface area contributed by atoms with E-state index in [1.807, 2.05) is 29.8 Å². The van der Waals surface area contributed by atoms with Gasteiger partial charge in [0, 0.05) is 50.5 Å². The first-order valence-corrected chi connectivity index (χ1v) is 11.9. The van der Waals surface area contributed by atoms with Gasteiger partial charge in [0.15, 0.2) is 0 Å². The van der Waals surface area contributed by atoms with Crippen molar-refractivity contribution in [3.8, 4) is 0 Å². The van der Waals surface area contributed by atoms with E-state index >= 15 is 0 Å². The second-order valence-corrected chi connectivity index (χ2v) is 9.20. The Labute approximate surface area is 194 Å². The number of hydrogen-bond donors (Lipinski definition) is 0. The number of carbonyl (C=O) groups is 2. The van der Waals surface area contributed by atoms with Gasteiger partial charge in [0.2, 0.25) is 5.91 Å². The van der Waals surface area contributed by atoms with Crippen LogP contribution >= 0.6 is 0 Å². The first kappa shape index (κ1) is 25.9. The van der Waals surface area contributed by atoms with Crippen LogP contribution in [0.3, 0.4) is 0 Å². The highest BCUT2D eigenvalue weighted by Gasteiger charge is 2.37. The van der Waals surface area contributed by atoms with Gasteiger partial charge in [-0.05, 0) is 32.3 Å². The number of aryl methyl sites for hydroxylation is 1. The van der Waals surface area contributed by atoms with Gasteiger partial charge >= 0.3 is 0 Å². The molecule has 32 heavy (non-hydrogen) atoms. The van der Waals surface area contributed by atoms with Crippen molar-refractivity contribution in [3.05, 3.63) is 59.9 Å². The minimum atomic E-state index is -0.205. The van der Waals surface area contributed by atoms with E-state index in [0.29, 0.717) is 32.5 Å². The van der Waals surface area contributed by atoms with E-state index < -0.39 is 0 Å². The van der Waals surface area contributed by atoms with Crippen LogP contribution in [0.25, 0.3) is 0 Å². The fraction of sp³-hybridized carbons (Fsp3) is 0.556. The molecule has 1 aromatic rings. The molecule has 1 aliphatic heterocycles. The normalized spacial score (nSPS) is 18.4. The Morgan fingerprint density at radius 1 is 1.25 bits per heavy atom. The average Bonchev–Trinajstić information content (AvgIpc) is 3.16. The summed E-state index contributed by atoms with van der Waals surface area (Å²) in [6.45, 7) is 16.2. The first-order chi connectivity index (χ1) is 15.3. The third-order valence-electron chi connectivity index (χ3n) is 6.46. The van der Waals surface area contributed by atoms with E-state index in [-0.39, 0.29) is 18.0 Å². The Bertz CT molecular complexity index is 804. The number of carbonyl (C=O) groups excluding carboxylic acids is 2. The summed E-state index contributed by atoms with van der Waals surface area (Å²) in [5.74, 6) is 0.192. The molecule has 1 heterocycles. The monoisotopic (exact) mass is 439 g/mol. The topological polar surface area (TPSA) is 43.9 Å². The summed E-state index contributed by atoms with van der Waals surface area (Å²) in [5.41, 5.74) is 4.15. The molecule has 2 atom stereocenters. The highest BCUT2D eigenvalue weighted by atomic mass is 16.2. The van der Waals surface area contributed by atoms with Crippen molar-refractivity contribution < 1.29 is 9.59 Å². The Morgan fingerprint density at radius 3 is 2.62 bits per heavy atom. The summed E-state index contributed by atoms with van der Waals surface area (Å²) in [5, 5.41) is 0. The van der Waals surface area contributed by atoms with Gasteiger partial charge in [0.25, 0.3) is 0 Å². The molecule has 0 saturated carbocycles. The van der Waals surface area contributed by atoms with Crippen LogP contribution in [-0.4, -0.2) is 59.1 Å². The van der Waals surface area contributed by atoms with Crippen LogP contribution in [0.5, 0.6) is 0 Å². The molecule has 1 amide bonds. The first-order valence-electron chi connectivity index (χ1n) is 11.9. The summed E-state index contributed by atoms with van der Waals surface area (Å²) in [4.78, 5) is 31.3. The number of rotatable bonds is 13. The molecule has 5 heteroatoms. The Morgan fingerprint density at radius 2 is 2.00 bits per heavy atom. The second-order valence-electron chi connectivity index (χ2n) is 9.20. The fourth-order valence-electron chi connectivity index (χ4n) is 4.34. The minimum Gasteiger partial charge on any atom is -0.352 e. The average molecular weight is 440 g/mol. The SMILES string of the molecule is C=C(C)N(C)C(=C)CN1C[C@@H](N(Cc2cccc(C)c2)C(=O)CCCCCC)C[C@H]1C=O. The molecule has 5 nitrogen and oxygen atoms in total. The molecule has 0 unspecified atom stereocenters. The fourth-order valence-corrected chi connectivity index (χ4v) is 4.34. The van der Waals surface area contributed by atoms with Gasteiger partial charge in [-0.2, -0.15) is 0 Å². The molecule has 0 aromatic heterocycles. The summed E-state index contributed by atoms with van der Waals surface area (Å²) in [6, 6.07) is 8.16. The Kier molecular flexibility index (Phi) is 10.2. The number of likely N-dealkylation sites (tertiary alicyclic amines) is 1. The molecule has 0 radical (unpaired) electrons. The van der Waals surface area contributed by atoms with Crippen LogP contribution in [-0.2, 0) is 16.1 Å². The van der Waals surface area contributed by atoms with Crippen LogP contribution in [0.1, 0.15) is 63.5 Å². The smallest absolute Gasteiger partial charge is 0.223 e. The molecule has 1 aromatic carbocycles.